The molecule has 1 heterocycles. The van der Waals surface area contributed by atoms with Gasteiger partial charge in [-0.25, -0.2) is 0 Å². The number of rotatable bonds is 2. The molecule has 0 aromatic heterocycles. The van der Waals surface area contributed by atoms with Gasteiger partial charge >= 0.3 is 0 Å². The molecule has 0 saturated carbocycles. The summed E-state index contributed by atoms with van der Waals surface area (Å²) in [6.07, 6.45) is 3.23. The van der Waals surface area contributed by atoms with Gasteiger partial charge in [0, 0.05) is 19.9 Å². The highest BCUT2D eigenvalue weighted by atomic mass is 16.5. The molecule has 1 aliphatic rings. The largest absolute Gasteiger partial charge is 0.364 e. The van der Waals surface area contributed by atoms with E-state index in [1.54, 1.807) is 18.1 Å². The van der Waals surface area contributed by atoms with Crippen LogP contribution < -0.4 is 0 Å². The number of carbonyl (C=O) groups is 1. The third kappa shape index (κ3) is 1.86. The van der Waals surface area contributed by atoms with Gasteiger partial charge in [-0.15, -0.1) is 0 Å². The molecule has 3 nitrogen and oxygen atoms in total. The molecule has 1 aliphatic heterocycles. The average molecular weight is 217 g/mol. The fourth-order valence-corrected chi connectivity index (χ4v) is 1.81. The Bertz CT molecular complexity index is 426. The summed E-state index contributed by atoms with van der Waals surface area (Å²) in [4.78, 5) is 13.6. The van der Waals surface area contributed by atoms with Gasteiger partial charge < -0.3 is 9.64 Å². The zero-order valence-electron chi connectivity index (χ0n) is 9.51. The summed E-state index contributed by atoms with van der Waals surface area (Å²) in [5.41, 5.74) is 1.98. The Balaban J connectivity index is 2.47. The number of hydrogen-bond donors (Lipinski definition) is 0. The fourth-order valence-electron chi connectivity index (χ4n) is 1.81. The van der Waals surface area contributed by atoms with E-state index in [-0.39, 0.29) is 5.91 Å². The van der Waals surface area contributed by atoms with Crippen molar-refractivity contribution in [2.75, 3.05) is 13.7 Å². The van der Waals surface area contributed by atoms with Gasteiger partial charge in [-0.1, -0.05) is 24.3 Å². The van der Waals surface area contributed by atoms with Crippen molar-refractivity contribution in [3.8, 4) is 0 Å². The molecule has 1 unspecified atom stereocenters. The first kappa shape index (κ1) is 10.9. The van der Waals surface area contributed by atoms with E-state index in [2.05, 4.69) is 0 Å². The molecule has 0 fully saturated rings. The molecular weight excluding hydrogens is 202 g/mol. The van der Waals surface area contributed by atoms with Crippen LogP contribution in [0.4, 0.5) is 0 Å². The Morgan fingerprint density at radius 2 is 2.12 bits per heavy atom. The zero-order valence-corrected chi connectivity index (χ0v) is 9.51. The monoisotopic (exact) mass is 217 g/mol. The third-order valence-electron chi connectivity index (χ3n) is 2.66. The minimum absolute atomic E-state index is 0.0250. The standard InChI is InChI=1S/C13H15NO2/c1-3-16-12-11-7-5-4-6-10(11)8-9-14(2)13(12)15/h4-9,12H,3H2,1-2H3. The Morgan fingerprint density at radius 3 is 2.88 bits per heavy atom. The molecule has 0 radical (unpaired) electrons. The van der Waals surface area contributed by atoms with Crippen LogP contribution in [0, 0.1) is 0 Å². The van der Waals surface area contributed by atoms with Gasteiger partial charge in [0.15, 0.2) is 6.10 Å². The van der Waals surface area contributed by atoms with Crippen LogP contribution in [0.2, 0.25) is 0 Å². The predicted molar refractivity (Wildman–Crippen MR) is 62.6 cm³/mol. The number of amides is 1. The highest BCUT2D eigenvalue weighted by Gasteiger charge is 2.26. The van der Waals surface area contributed by atoms with Gasteiger partial charge in [-0.3, -0.25) is 4.79 Å². The Kier molecular flexibility index (Phi) is 3.06. The Morgan fingerprint density at radius 1 is 1.38 bits per heavy atom. The SMILES string of the molecule is CCOC1C(=O)N(C)C=Cc2ccccc21. The van der Waals surface area contributed by atoms with Crippen LogP contribution in [0.3, 0.4) is 0 Å². The fraction of sp³-hybridized carbons (Fsp3) is 0.308. The number of fused-ring (bicyclic) bond motifs is 1. The molecule has 0 aliphatic carbocycles. The van der Waals surface area contributed by atoms with Gasteiger partial charge in [-0.2, -0.15) is 0 Å². The number of carbonyl (C=O) groups excluding carboxylic acids is 1. The molecule has 0 N–H and O–H groups in total. The molecule has 0 saturated heterocycles. The summed E-state index contributed by atoms with van der Waals surface area (Å²) in [5, 5.41) is 0. The molecule has 2 rings (SSSR count). The van der Waals surface area contributed by atoms with Crippen molar-refractivity contribution in [1.29, 1.82) is 0 Å². The van der Waals surface area contributed by atoms with Gasteiger partial charge in [0.05, 0.1) is 0 Å². The Labute approximate surface area is 95.3 Å². The average Bonchev–Trinajstić information content (AvgIpc) is 2.42. The van der Waals surface area contributed by atoms with E-state index < -0.39 is 6.10 Å². The van der Waals surface area contributed by atoms with Crippen LogP contribution in [0.5, 0.6) is 0 Å². The smallest absolute Gasteiger partial charge is 0.260 e. The second kappa shape index (κ2) is 4.49. The number of hydrogen-bond acceptors (Lipinski definition) is 2. The van der Waals surface area contributed by atoms with E-state index in [0.717, 1.165) is 11.1 Å². The molecule has 1 aromatic rings. The minimum Gasteiger partial charge on any atom is -0.364 e. The number of ether oxygens (including phenoxy) is 1. The second-order valence-electron chi connectivity index (χ2n) is 3.73. The topological polar surface area (TPSA) is 29.5 Å². The first-order valence-electron chi connectivity index (χ1n) is 5.39. The van der Waals surface area contributed by atoms with E-state index in [1.165, 1.54) is 0 Å². The van der Waals surface area contributed by atoms with Crippen LogP contribution >= 0.6 is 0 Å². The summed E-state index contributed by atoms with van der Waals surface area (Å²) in [7, 11) is 1.75. The molecule has 3 heteroatoms. The lowest BCUT2D eigenvalue weighted by molar-refractivity contribution is -0.139. The van der Waals surface area contributed by atoms with Crippen molar-refractivity contribution in [2.24, 2.45) is 0 Å². The Hall–Kier alpha value is -1.61. The van der Waals surface area contributed by atoms with E-state index in [0.29, 0.717) is 6.61 Å². The predicted octanol–water partition coefficient (Wildman–Crippen LogP) is 2.21. The lowest BCUT2D eigenvalue weighted by atomic mass is 10.0. The molecular formula is C13H15NO2. The molecule has 0 bridgehead atoms. The maximum absolute atomic E-state index is 12.0. The van der Waals surface area contributed by atoms with Gasteiger partial charge in [-0.05, 0) is 24.1 Å². The lowest BCUT2D eigenvalue weighted by Gasteiger charge is -2.19. The summed E-state index contributed by atoms with van der Waals surface area (Å²) in [6, 6.07) is 7.82. The van der Waals surface area contributed by atoms with Crippen LogP contribution in [0.15, 0.2) is 30.5 Å². The lowest BCUT2D eigenvalue weighted by Crippen LogP contribution is -2.28. The van der Waals surface area contributed by atoms with E-state index in [4.69, 9.17) is 4.74 Å². The quantitative estimate of drug-likeness (QED) is 0.760. The van der Waals surface area contributed by atoms with Crippen molar-refractivity contribution in [2.45, 2.75) is 13.0 Å². The maximum atomic E-state index is 12.0. The van der Waals surface area contributed by atoms with Crippen molar-refractivity contribution in [3.63, 3.8) is 0 Å². The first-order valence-corrected chi connectivity index (χ1v) is 5.39. The molecule has 1 aromatic carbocycles. The summed E-state index contributed by atoms with van der Waals surface area (Å²) in [6.45, 7) is 2.42. The molecule has 84 valence electrons. The highest BCUT2D eigenvalue weighted by Crippen LogP contribution is 2.27. The maximum Gasteiger partial charge on any atom is 0.260 e. The normalized spacial score (nSPS) is 19.5. The highest BCUT2D eigenvalue weighted by molar-refractivity contribution is 5.86. The second-order valence-corrected chi connectivity index (χ2v) is 3.73. The first-order chi connectivity index (χ1) is 7.74. The summed E-state index contributed by atoms with van der Waals surface area (Å²) >= 11 is 0. The van der Waals surface area contributed by atoms with Crippen molar-refractivity contribution in [3.05, 3.63) is 41.6 Å². The molecule has 1 amide bonds. The van der Waals surface area contributed by atoms with E-state index in [9.17, 15) is 4.79 Å². The van der Waals surface area contributed by atoms with E-state index in [1.807, 2.05) is 37.3 Å². The molecule has 1 atom stereocenters. The number of nitrogens with zero attached hydrogens (tertiary/aromatic N) is 1. The van der Waals surface area contributed by atoms with E-state index >= 15 is 0 Å². The van der Waals surface area contributed by atoms with Crippen LogP contribution in [-0.2, 0) is 9.53 Å². The zero-order chi connectivity index (χ0) is 11.5. The van der Waals surface area contributed by atoms with Gasteiger partial charge in [0.25, 0.3) is 5.91 Å². The van der Waals surface area contributed by atoms with Crippen molar-refractivity contribution < 1.29 is 9.53 Å². The van der Waals surface area contributed by atoms with Crippen molar-refractivity contribution >= 4 is 12.0 Å². The van der Waals surface area contributed by atoms with Crippen molar-refractivity contribution in [1.82, 2.24) is 4.90 Å². The van der Waals surface area contributed by atoms with Crippen LogP contribution in [0.25, 0.3) is 6.08 Å². The third-order valence-corrected chi connectivity index (χ3v) is 2.66. The van der Waals surface area contributed by atoms with Crippen LogP contribution in [0.1, 0.15) is 24.2 Å². The summed E-state index contributed by atoms with van der Waals surface area (Å²) in [5.74, 6) is -0.0250. The van der Waals surface area contributed by atoms with Gasteiger partial charge in [0.2, 0.25) is 0 Å². The number of benzene rings is 1. The van der Waals surface area contributed by atoms with Gasteiger partial charge in [0.1, 0.15) is 0 Å². The molecule has 0 spiro atoms. The molecule has 16 heavy (non-hydrogen) atoms. The minimum atomic E-state index is -0.485. The number of likely N-dealkylation sites (N-methyl/N-ethyl adjacent to an activating group) is 1. The summed E-state index contributed by atoms with van der Waals surface area (Å²) < 4.78 is 5.54. The van der Waals surface area contributed by atoms with Crippen LogP contribution in [-0.4, -0.2) is 24.5 Å².